The SMILES string of the molecule is CN(C)CCCN1c2ccccc2N(C)C(=O)c2cccnc21. The first-order valence-corrected chi connectivity index (χ1v) is 7.84. The second-order valence-electron chi connectivity index (χ2n) is 6.04. The van der Waals surface area contributed by atoms with E-state index in [-0.39, 0.29) is 5.91 Å². The second-order valence-corrected chi connectivity index (χ2v) is 6.04. The van der Waals surface area contributed by atoms with Crippen molar-refractivity contribution < 1.29 is 4.79 Å². The van der Waals surface area contributed by atoms with Crippen molar-refractivity contribution >= 4 is 23.1 Å². The Kier molecular flexibility index (Phi) is 4.30. The maximum absolute atomic E-state index is 12.8. The number of benzene rings is 1. The average Bonchev–Trinajstić information content (AvgIpc) is 2.65. The number of rotatable bonds is 4. The van der Waals surface area contributed by atoms with Crippen molar-refractivity contribution in [2.45, 2.75) is 6.42 Å². The molecular formula is C18H22N4O. The quantitative estimate of drug-likeness (QED) is 0.870. The lowest BCUT2D eigenvalue weighted by Gasteiger charge is -2.26. The van der Waals surface area contributed by atoms with Crippen molar-refractivity contribution in [1.29, 1.82) is 0 Å². The summed E-state index contributed by atoms with van der Waals surface area (Å²) in [6, 6.07) is 11.7. The van der Waals surface area contributed by atoms with Gasteiger partial charge >= 0.3 is 0 Å². The third-order valence-electron chi connectivity index (χ3n) is 4.10. The standard InChI is InChI=1S/C18H22N4O/c1-20(2)12-7-13-22-16-10-5-4-9-15(16)21(3)18(23)14-8-6-11-19-17(14)22/h4-6,8-11H,7,12-13H2,1-3H3. The molecule has 0 fully saturated rings. The zero-order valence-electron chi connectivity index (χ0n) is 13.9. The highest BCUT2D eigenvalue weighted by Gasteiger charge is 2.29. The largest absolute Gasteiger partial charge is 0.324 e. The monoisotopic (exact) mass is 310 g/mol. The molecule has 1 aromatic heterocycles. The van der Waals surface area contributed by atoms with Gasteiger partial charge in [-0.2, -0.15) is 0 Å². The molecule has 0 unspecified atom stereocenters. The molecule has 0 saturated heterocycles. The predicted molar refractivity (Wildman–Crippen MR) is 93.6 cm³/mol. The number of anilines is 3. The molecule has 5 nitrogen and oxygen atoms in total. The summed E-state index contributed by atoms with van der Waals surface area (Å²) in [4.78, 5) is 23.3. The van der Waals surface area contributed by atoms with Crippen LogP contribution >= 0.6 is 0 Å². The van der Waals surface area contributed by atoms with Gasteiger partial charge in [0.05, 0.1) is 16.9 Å². The van der Waals surface area contributed by atoms with E-state index < -0.39 is 0 Å². The van der Waals surface area contributed by atoms with Gasteiger partial charge in [-0.1, -0.05) is 12.1 Å². The summed E-state index contributed by atoms with van der Waals surface area (Å²) < 4.78 is 0. The molecule has 3 rings (SSSR count). The molecule has 5 heteroatoms. The Balaban J connectivity index is 2.07. The van der Waals surface area contributed by atoms with E-state index in [4.69, 9.17) is 0 Å². The van der Waals surface area contributed by atoms with Crippen molar-refractivity contribution in [3.8, 4) is 0 Å². The van der Waals surface area contributed by atoms with E-state index in [0.717, 1.165) is 36.7 Å². The Hall–Kier alpha value is -2.40. The molecule has 1 aliphatic heterocycles. The molecule has 2 heterocycles. The fourth-order valence-electron chi connectivity index (χ4n) is 2.93. The molecule has 1 amide bonds. The first kappa shape index (κ1) is 15.5. The molecule has 1 aliphatic rings. The van der Waals surface area contributed by atoms with Crippen LogP contribution in [0.1, 0.15) is 16.8 Å². The van der Waals surface area contributed by atoms with Crippen LogP contribution in [0.5, 0.6) is 0 Å². The van der Waals surface area contributed by atoms with Crippen molar-refractivity contribution in [2.75, 3.05) is 44.0 Å². The maximum Gasteiger partial charge on any atom is 0.261 e. The van der Waals surface area contributed by atoms with E-state index in [1.54, 1.807) is 11.1 Å². The number of fused-ring (bicyclic) bond motifs is 2. The molecule has 0 spiro atoms. The molecule has 0 aliphatic carbocycles. The van der Waals surface area contributed by atoms with Crippen LogP contribution in [0.2, 0.25) is 0 Å². The summed E-state index contributed by atoms with van der Waals surface area (Å²) in [5.74, 6) is 0.726. The number of nitrogens with zero attached hydrogens (tertiary/aromatic N) is 4. The topological polar surface area (TPSA) is 39.7 Å². The lowest BCUT2D eigenvalue weighted by Crippen LogP contribution is -2.25. The van der Waals surface area contributed by atoms with Crippen LogP contribution in [0.25, 0.3) is 0 Å². The zero-order chi connectivity index (χ0) is 16.4. The fourth-order valence-corrected chi connectivity index (χ4v) is 2.93. The molecule has 2 aromatic rings. The summed E-state index contributed by atoms with van der Waals surface area (Å²) in [5.41, 5.74) is 2.59. The first-order chi connectivity index (χ1) is 11.1. The van der Waals surface area contributed by atoms with E-state index >= 15 is 0 Å². The normalized spacial score (nSPS) is 13.8. The molecule has 23 heavy (non-hydrogen) atoms. The van der Waals surface area contributed by atoms with E-state index in [2.05, 4.69) is 34.9 Å². The molecule has 0 radical (unpaired) electrons. The van der Waals surface area contributed by atoms with Crippen LogP contribution in [-0.4, -0.2) is 50.0 Å². The second kappa shape index (κ2) is 6.38. The Labute approximate surface area is 137 Å². The van der Waals surface area contributed by atoms with Gasteiger partial charge < -0.3 is 14.7 Å². The molecular weight excluding hydrogens is 288 g/mol. The van der Waals surface area contributed by atoms with E-state index in [9.17, 15) is 4.79 Å². The van der Waals surface area contributed by atoms with Gasteiger partial charge in [0.1, 0.15) is 5.82 Å². The summed E-state index contributed by atoms with van der Waals surface area (Å²) in [6.07, 6.45) is 2.74. The Bertz CT molecular complexity index is 714. The fraction of sp³-hybridized carbons (Fsp3) is 0.333. The lowest BCUT2D eigenvalue weighted by molar-refractivity contribution is 0.0994. The number of hydrogen-bond acceptors (Lipinski definition) is 4. The van der Waals surface area contributed by atoms with E-state index in [1.807, 2.05) is 37.4 Å². The summed E-state index contributed by atoms with van der Waals surface area (Å²) in [7, 11) is 5.96. The number of carbonyl (C=O) groups is 1. The van der Waals surface area contributed by atoms with Gasteiger partial charge in [0.2, 0.25) is 0 Å². The Morgan fingerprint density at radius 3 is 2.57 bits per heavy atom. The zero-order valence-corrected chi connectivity index (χ0v) is 13.9. The summed E-state index contributed by atoms with van der Waals surface area (Å²) in [6.45, 7) is 1.81. The highest BCUT2D eigenvalue weighted by atomic mass is 16.2. The minimum Gasteiger partial charge on any atom is -0.324 e. The number of aromatic nitrogens is 1. The third-order valence-corrected chi connectivity index (χ3v) is 4.10. The molecule has 0 N–H and O–H groups in total. The van der Waals surface area contributed by atoms with Crippen molar-refractivity contribution in [3.63, 3.8) is 0 Å². The van der Waals surface area contributed by atoms with Gasteiger partial charge in [-0.05, 0) is 51.3 Å². The van der Waals surface area contributed by atoms with E-state index in [0.29, 0.717) is 5.56 Å². The third kappa shape index (κ3) is 2.92. The minimum atomic E-state index is -0.0179. The number of hydrogen-bond donors (Lipinski definition) is 0. The number of amides is 1. The van der Waals surface area contributed by atoms with Crippen molar-refractivity contribution in [1.82, 2.24) is 9.88 Å². The number of para-hydroxylation sites is 2. The predicted octanol–water partition coefficient (Wildman–Crippen LogP) is 2.76. The highest BCUT2D eigenvalue weighted by molar-refractivity contribution is 6.12. The van der Waals surface area contributed by atoms with Gasteiger partial charge in [-0.3, -0.25) is 4.79 Å². The molecule has 0 atom stereocenters. The molecule has 0 bridgehead atoms. The Morgan fingerprint density at radius 1 is 1.09 bits per heavy atom. The van der Waals surface area contributed by atoms with Crippen LogP contribution in [0.4, 0.5) is 17.2 Å². The summed E-state index contributed by atoms with van der Waals surface area (Å²) >= 11 is 0. The smallest absolute Gasteiger partial charge is 0.261 e. The van der Waals surface area contributed by atoms with Crippen LogP contribution in [0, 0.1) is 0 Å². The van der Waals surface area contributed by atoms with Gasteiger partial charge in [0.15, 0.2) is 0 Å². The summed E-state index contributed by atoms with van der Waals surface area (Å²) in [5, 5.41) is 0. The van der Waals surface area contributed by atoms with Crippen LogP contribution in [0.3, 0.4) is 0 Å². The van der Waals surface area contributed by atoms with Crippen LogP contribution < -0.4 is 9.80 Å². The molecule has 0 saturated carbocycles. The van der Waals surface area contributed by atoms with Crippen LogP contribution in [-0.2, 0) is 0 Å². The number of pyridine rings is 1. The van der Waals surface area contributed by atoms with Crippen molar-refractivity contribution in [2.24, 2.45) is 0 Å². The lowest BCUT2D eigenvalue weighted by atomic mass is 10.2. The van der Waals surface area contributed by atoms with Gasteiger partial charge in [0.25, 0.3) is 5.91 Å². The van der Waals surface area contributed by atoms with Gasteiger partial charge in [-0.25, -0.2) is 4.98 Å². The highest BCUT2D eigenvalue weighted by Crippen LogP contribution is 2.38. The molecule has 120 valence electrons. The van der Waals surface area contributed by atoms with Crippen LogP contribution in [0.15, 0.2) is 42.6 Å². The van der Waals surface area contributed by atoms with Gasteiger partial charge in [0, 0.05) is 19.8 Å². The van der Waals surface area contributed by atoms with Gasteiger partial charge in [-0.15, -0.1) is 0 Å². The average molecular weight is 310 g/mol. The van der Waals surface area contributed by atoms with Crippen molar-refractivity contribution in [3.05, 3.63) is 48.2 Å². The Morgan fingerprint density at radius 2 is 1.83 bits per heavy atom. The van der Waals surface area contributed by atoms with E-state index in [1.165, 1.54) is 0 Å². The first-order valence-electron chi connectivity index (χ1n) is 7.84. The molecule has 1 aromatic carbocycles. The number of carbonyl (C=O) groups excluding carboxylic acids is 1. The minimum absolute atomic E-state index is 0.0179. The maximum atomic E-state index is 12.8.